The molecule has 2 aromatic carbocycles. The van der Waals surface area contributed by atoms with Crippen LogP contribution in [0.25, 0.3) is 11.1 Å². The van der Waals surface area contributed by atoms with Gasteiger partial charge in [-0.25, -0.2) is 0 Å². The van der Waals surface area contributed by atoms with Crippen molar-refractivity contribution >= 4 is 11.9 Å². The zero-order valence-electron chi connectivity index (χ0n) is 14.4. The van der Waals surface area contributed by atoms with Crippen molar-refractivity contribution in [3.63, 3.8) is 0 Å². The predicted molar refractivity (Wildman–Crippen MR) is 95.5 cm³/mol. The van der Waals surface area contributed by atoms with Gasteiger partial charge in [-0.1, -0.05) is 62.4 Å². The number of hydrogen-bond donors (Lipinski definition) is 2. The van der Waals surface area contributed by atoms with Crippen molar-refractivity contribution in [2.75, 3.05) is 0 Å². The van der Waals surface area contributed by atoms with Gasteiger partial charge >= 0.3 is 11.9 Å². The predicted octanol–water partition coefficient (Wildman–Crippen LogP) is 4.17. The van der Waals surface area contributed by atoms with Gasteiger partial charge < -0.3 is 10.2 Å². The van der Waals surface area contributed by atoms with Gasteiger partial charge in [0.1, 0.15) is 0 Å². The van der Waals surface area contributed by atoms with Crippen LogP contribution in [0.15, 0.2) is 48.5 Å². The highest BCUT2D eigenvalue weighted by molar-refractivity contribution is 5.82. The first-order valence-electron chi connectivity index (χ1n) is 8.52. The van der Waals surface area contributed by atoms with Gasteiger partial charge in [-0.2, -0.15) is 0 Å². The first-order valence-corrected chi connectivity index (χ1v) is 8.52. The monoisotopic (exact) mass is 338 g/mol. The number of carboxylic acids is 2. The summed E-state index contributed by atoms with van der Waals surface area (Å²) in [7, 11) is 0. The highest BCUT2D eigenvalue weighted by atomic mass is 16.4. The van der Waals surface area contributed by atoms with Crippen molar-refractivity contribution in [1.82, 2.24) is 0 Å². The maximum Gasteiger partial charge on any atom is 0.306 e. The van der Waals surface area contributed by atoms with Crippen LogP contribution in [0.2, 0.25) is 0 Å². The lowest BCUT2D eigenvalue weighted by molar-refractivity contribution is -0.142. The van der Waals surface area contributed by atoms with Gasteiger partial charge in [0.15, 0.2) is 0 Å². The molecule has 0 saturated heterocycles. The van der Waals surface area contributed by atoms with Crippen molar-refractivity contribution in [3.8, 4) is 11.1 Å². The molecular weight excluding hydrogens is 316 g/mol. The Kier molecular flexibility index (Phi) is 4.38. The van der Waals surface area contributed by atoms with E-state index in [4.69, 9.17) is 0 Å². The number of benzene rings is 2. The molecule has 1 aliphatic carbocycles. The molecule has 0 spiro atoms. The van der Waals surface area contributed by atoms with Gasteiger partial charge in [0.2, 0.25) is 0 Å². The molecule has 2 atom stereocenters. The van der Waals surface area contributed by atoms with Crippen LogP contribution in [0.5, 0.6) is 0 Å². The minimum Gasteiger partial charge on any atom is -0.481 e. The number of aliphatic carboxylic acids is 2. The average molecular weight is 338 g/mol. The quantitative estimate of drug-likeness (QED) is 0.829. The van der Waals surface area contributed by atoms with Crippen LogP contribution < -0.4 is 0 Å². The molecule has 2 aromatic rings. The lowest BCUT2D eigenvalue weighted by Crippen LogP contribution is -2.34. The highest BCUT2D eigenvalue weighted by Gasteiger charge is 2.46. The average Bonchev–Trinajstić information content (AvgIpc) is 2.86. The largest absolute Gasteiger partial charge is 0.481 e. The van der Waals surface area contributed by atoms with Crippen LogP contribution in [0.4, 0.5) is 0 Å². The van der Waals surface area contributed by atoms with Crippen molar-refractivity contribution < 1.29 is 19.8 Å². The zero-order valence-corrected chi connectivity index (χ0v) is 14.4. The molecule has 2 N–H and O–H groups in total. The van der Waals surface area contributed by atoms with Crippen molar-refractivity contribution in [1.29, 1.82) is 0 Å². The third-order valence-corrected chi connectivity index (χ3v) is 5.33. The van der Waals surface area contributed by atoms with Crippen LogP contribution in [0.1, 0.15) is 37.8 Å². The topological polar surface area (TPSA) is 74.6 Å². The first-order chi connectivity index (χ1) is 11.9. The van der Waals surface area contributed by atoms with Crippen LogP contribution >= 0.6 is 0 Å². The van der Waals surface area contributed by atoms with Gasteiger partial charge in [0, 0.05) is 5.41 Å². The number of fused-ring (bicyclic) bond motifs is 3. The molecule has 4 nitrogen and oxygen atoms in total. The second kappa shape index (κ2) is 6.36. The van der Waals surface area contributed by atoms with E-state index in [0.717, 1.165) is 22.3 Å². The molecule has 0 fully saturated rings. The van der Waals surface area contributed by atoms with Crippen molar-refractivity contribution in [2.24, 2.45) is 11.8 Å². The maximum atomic E-state index is 11.6. The maximum absolute atomic E-state index is 11.6. The second-order valence-electron chi connectivity index (χ2n) is 7.06. The molecule has 0 bridgehead atoms. The fraction of sp³-hybridized carbons (Fsp3) is 0.333. The zero-order chi connectivity index (χ0) is 18.2. The summed E-state index contributed by atoms with van der Waals surface area (Å²) in [6.07, 6.45) is 0.766. The molecule has 0 radical (unpaired) electrons. The lowest BCUT2D eigenvalue weighted by atomic mass is 9.67. The van der Waals surface area contributed by atoms with E-state index in [0.29, 0.717) is 12.8 Å². The SMILES string of the molecule is CC(CC1(CC(C)C(=O)O)c2ccccc2-c2ccccc21)C(=O)O. The molecule has 1 aliphatic rings. The van der Waals surface area contributed by atoms with Gasteiger partial charge in [0.05, 0.1) is 11.8 Å². The van der Waals surface area contributed by atoms with Crippen molar-refractivity contribution in [2.45, 2.75) is 32.1 Å². The summed E-state index contributed by atoms with van der Waals surface area (Å²) in [4.78, 5) is 23.1. The van der Waals surface area contributed by atoms with E-state index in [-0.39, 0.29) is 0 Å². The van der Waals surface area contributed by atoms with E-state index < -0.39 is 29.2 Å². The van der Waals surface area contributed by atoms with E-state index in [2.05, 4.69) is 0 Å². The van der Waals surface area contributed by atoms with E-state index in [1.807, 2.05) is 48.5 Å². The smallest absolute Gasteiger partial charge is 0.306 e. The Balaban J connectivity index is 2.22. The third-order valence-electron chi connectivity index (χ3n) is 5.33. The van der Waals surface area contributed by atoms with E-state index in [1.54, 1.807) is 13.8 Å². The normalized spacial score (nSPS) is 16.6. The summed E-state index contributed by atoms with van der Waals surface area (Å²) in [5, 5.41) is 19.0. The van der Waals surface area contributed by atoms with Crippen LogP contribution in [-0.4, -0.2) is 22.2 Å². The molecule has 0 aromatic heterocycles. The Morgan fingerprint density at radius 2 is 1.16 bits per heavy atom. The Labute approximate surface area is 147 Å². The standard InChI is InChI=1S/C21H22O4/c1-13(19(22)23)11-21(12-14(2)20(24)25)17-9-5-3-7-15(17)16-8-4-6-10-18(16)21/h3-10,13-14H,11-12H2,1-2H3,(H,22,23)(H,24,25). The molecule has 25 heavy (non-hydrogen) atoms. The number of rotatable bonds is 6. The lowest BCUT2D eigenvalue weighted by Gasteiger charge is -2.35. The molecule has 0 amide bonds. The fourth-order valence-corrected chi connectivity index (χ4v) is 4.16. The molecule has 0 heterocycles. The summed E-state index contributed by atoms with van der Waals surface area (Å²) in [6, 6.07) is 15.9. The van der Waals surface area contributed by atoms with Gasteiger partial charge in [-0.15, -0.1) is 0 Å². The Hall–Kier alpha value is -2.62. The molecule has 4 heteroatoms. The first kappa shape index (κ1) is 17.2. The molecule has 130 valence electrons. The van der Waals surface area contributed by atoms with Crippen molar-refractivity contribution in [3.05, 3.63) is 59.7 Å². The van der Waals surface area contributed by atoms with Gasteiger partial charge in [-0.05, 0) is 35.1 Å². The minimum absolute atomic E-state index is 0.383. The van der Waals surface area contributed by atoms with Gasteiger partial charge in [0.25, 0.3) is 0 Å². The number of carbonyl (C=O) groups is 2. The number of carboxylic acid groups (broad SMARTS) is 2. The molecule has 3 rings (SSSR count). The van der Waals surface area contributed by atoms with Crippen LogP contribution in [-0.2, 0) is 15.0 Å². The van der Waals surface area contributed by atoms with E-state index in [9.17, 15) is 19.8 Å². The van der Waals surface area contributed by atoms with E-state index >= 15 is 0 Å². The summed E-state index contributed by atoms with van der Waals surface area (Å²) in [5.74, 6) is -2.85. The van der Waals surface area contributed by atoms with Crippen LogP contribution in [0, 0.1) is 11.8 Å². The second-order valence-corrected chi connectivity index (χ2v) is 7.06. The Morgan fingerprint density at radius 3 is 1.52 bits per heavy atom. The summed E-state index contributed by atoms with van der Waals surface area (Å²) >= 11 is 0. The van der Waals surface area contributed by atoms with E-state index in [1.165, 1.54) is 0 Å². The molecular formula is C21H22O4. The summed E-state index contributed by atoms with van der Waals surface area (Å²) < 4.78 is 0. The minimum atomic E-state index is -0.857. The Morgan fingerprint density at radius 1 is 0.800 bits per heavy atom. The van der Waals surface area contributed by atoms with Crippen LogP contribution in [0.3, 0.4) is 0 Å². The number of hydrogen-bond acceptors (Lipinski definition) is 2. The molecule has 2 unspecified atom stereocenters. The summed E-state index contributed by atoms with van der Waals surface area (Å²) in [5.41, 5.74) is 3.64. The summed E-state index contributed by atoms with van der Waals surface area (Å²) in [6.45, 7) is 3.39. The highest BCUT2D eigenvalue weighted by Crippen LogP contribution is 2.54. The fourth-order valence-electron chi connectivity index (χ4n) is 4.16. The third kappa shape index (κ3) is 2.82. The molecule has 0 saturated carbocycles. The Bertz CT molecular complexity index is 755. The molecule has 0 aliphatic heterocycles. The van der Waals surface area contributed by atoms with Gasteiger partial charge in [-0.3, -0.25) is 9.59 Å².